The third-order valence-electron chi connectivity index (χ3n) is 4.80. The molecule has 0 atom stereocenters. The minimum atomic E-state index is -1.06. The van der Waals surface area contributed by atoms with Crippen LogP contribution in [0.4, 0.5) is 14.5 Å². The summed E-state index contributed by atoms with van der Waals surface area (Å²) in [5.74, 6) is -2.95. The van der Waals surface area contributed by atoms with E-state index in [-0.39, 0.29) is 23.0 Å². The summed E-state index contributed by atoms with van der Waals surface area (Å²) in [4.78, 5) is 31.1. The highest BCUT2D eigenvalue weighted by molar-refractivity contribution is 6.03. The number of hydrogen-bond acceptors (Lipinski definition) is 3. The van der Waals surface area contributed by atoms with Gasteiger partial charge in [0.25, 0.3) is 11.8 Å². The van der Waals surface area contributed by atoms with Crippen LogP contribution in [0.25, 0.3) is 0 Å². The highest BCUT2D eigenvalue weighted by Gasteiger charge is 2.23. The fourth-order valence-corrected chi connectivity index (χ4v) is 3.28. The summed E-state index contributed by atoms with van der Waals surface area (Å²) >= 11 is 0. The quantitative estimate of drug-likeness (QED) is 0.736. The number of anilines is 1. The lowest BCUT2D eigenvalue weighted by Crippen LogP contribution is -2.36. The summed E-state index contributed by atoms with van der Waals surface area (Å²) in [5.41, 5.74) is 2.59. The number of hydrogen-bond donors (Lipinski definition) is 1. The van der Waals surface area contributed by atoms with E-state index in [0.717, 1.165) is 24.1 Å². The van der Waals surface area contributed by atoms with Crippen molar-refractivity contribution in [1.82, 2.24) is 9.88 Å². The molecule has 2 amide bonds. The molecule has 29 heavy (non-hydrogen) atoms. The normalized spacial score (nSPS) is 13.0. The van der Waals surface area contributed by atoms with Crippen LogP contribution in [0.1, 0.15) is 32.1 Å². The largest absolute Gasteiger partial charge is 0.333 e. The molecule has 4 rings (SSSR count). The Hall–Kier alpha value is -3.61. The van der Waals surface area contributed by atoms with Crippen LogP contribution in [0, 0.1) is 11.6 Å². The smallest absolute Gasteiger partial charge is 0.274 e. The van der Waals surface area contributed by atoms with Gasteiger partial charge in [0.1, 0.15) is 11.4 Å². The van der Waals surface area contributed by atoms with E-state index in [1.807, 2.05) is 18.2 Å². The van der Waals surface area contributed by atoms with Crippen LogP contribution in [0.2, 0.25) is 0 Å². The Kier molecular flexibility index (Phi) is 5.03. The van der Waals surface area contributed by atoms with Gasteiger partial charge in [-0.05, 0) is 41.8 Å². The van der Waals surface area contributed by atoms with Gasteiger partial charge in [-0.3, -0.25) is 9.59 Å². The van der Waals surface area contributed by atoms with Crippen molar-refractivity contribution in [3.8, 4) is 0 Å². The second-order valence-corrected chi connectivity index (χ2v) is 6.74. The van der Waals surface area contributed by atoms with Crippen molar-refractivity contribution in [2.24, 2.45) is 0 Å². The minimum absolute atomic E-state index is 0.0120. The number of carbonyl (C=O) groups is 2. The average Bonchev–Trinajstić information content (AvgIpc) is 2.75. The van der Waals surface area contributed by atoms with Gasteiger partial charge in [-0.25, -0.2) is 13.8 Å². The van der Waals surface area contributed by atoms with E-state index < -0.39 is 17.5 Å². The Morgan fingerprint density at radius 3 is 2.45 bits per heavy atom. The maximum atomic E-state index is 13.3. The highest BCUT2D eigenvalue weighted by atomic mass is 19.2. The van der Waals surface area contributed by atoms with Crippen molar-refractivity contribution in [2.75, 3.05) is 11.9 Å². The minimum Gasteiger partial charge on any atom is -0.333 e. The van der Waals surface area contributed by atoms with E-state index in [1.165, 1.54) is 17.7 Å². The number of amides is 2. The van der Waals surface area contributed by atoms with E-state index in [0.29, 0.717) is 13.1 Å². The summed E-state index contributed by atoms with van der Waals surface area (Å²) in [6.45, 7) is 1.06. The molecule has 2 aromatic carbocycles. The van der Waals surface area contributed by atoms with Gasteiger partial charge >= 0.3 is 0 Å². The number of fused-ring (bicyclic) bond motifs is 1. The van der Waals surface area contributed by atoms with Crippen LogP contribution in [0.5, 0.6) is 0 Å². The summed E-state index contributed by atoms with van der Waals surface area (Å²) in [6, 6.07) is 15.6. The second-order valence-electron chi connectivity index (χ2n) is 6.74. The predicted octanol–water partition coefficient (Wildman–Crippen LogP) is 3.81. The van der Waals surface area contributed by atoms with Gasteiger partial charge in [0.2, 0.25) is 0 Å². The van der Waals surface area contributed by atoms with E-state index in [2.05, 4.69) is 16.4 Å². The second kappa shape index (κ2) is 7.79. The fourth-order valence-electron chi connectivity index (χ4n) is 3.28. The van der Waals surface area contributed by atoms with Crippen LogP contribution in [0.3, 0.4) is 0 Å². The lowest BCUT2D eigenvalue weighted by molar-refractivity contribution is 0.0728. The molecular weight excluding hydrogens is 376 g/mol. The standard InChI is InChI=1S/C22H17F2N3O2/c23-17-9-8-16(12-18(17)24)25-21(28)19-6-3-7-20(26-19)22(29)27-11-10-14-4-1-2-5-15(14)13-27/h1-9,12H,10-11,13H2,(H,25,28). The predicted molar refractivity (Wildman–Crippen MR) is 103 cm³/mol. The first-order valence-electron chi connectivity index (χ1n) is 9.11. The molecule has 146 valence electrons. The number of carbonyl (C=O) groups excluding carboxylic acids is 2. The molecule has 0 radical (unpaired) electrons. The van der Waals surface area contributed by atoms with Gasteiger partial charge in [-0.2, -0.15) is 0 Å². The number of nitrogens with zero attached hydrogens (tertiary/aromatic N) is 2. The third-order valence-corrected chi connectivity index (χ3v) is 4.80. The number of halogens is 2. The van der Waals surface area contributed by atoms with Crippen molar-refractivity contribution in [3.05, 3.63) is 94.8 Å². The summed E-state index contributed by atoms with van der Waals surface area (Å²) < 4.78 is 26.3. The zero-order chi connectivity index (χ0) is 20.4. The third kappa shape index (κ3) is 3.99. The van der Waals surface area contributed by atoms with Crippen LogP contribution in [0.15, 0.2) is 60.7 Å². The molecule has 7 heteroatoms. The first-order valence-corrected chi connectivity index (χ1v) is 9.11. The van der Waals surface area contributed by atoms with E-state index in [9.17, 15) is 18.4 Å². The van der Waals surface area contributed by atoms with Gasteiger partial charge in [-0.15, -0.1) is 0 Å². The first kappa shape index (κ1) is 18.7. The number of benzene rings is 2. The van der Waals surface area contributed by atoms with Crippen molar-refractivity contribution in [3.63, 3.8) is 0 Å². The molecule has 1 N–H and O–H groups in total. The molecule has 1 aliphatic rings. The molecule has 3 aromatic rings. The number of pyridine rings is 1. The molecule has 1 aliphatic heterocycles. The van der Waals surface area contributed by atoms with Crippen LogP contribution in [-0.4, -0.2) is 28.2 Å². The molecule has 0 fully saturated rings. The van der Waals surface area contributed by atoms with Crippen LogP contribution in [-0.2, 0) is 13.0 Å². The molecule has 0 saturated carbocycles. The van der Waals surface area contributed by atoms with Gasteiger partial charge in [0.15, 0.2) is 11.6 Å². The van der Waals surface area contributed by atoms with Crippen LogP contribution >= 0.6 is 0 Å². The monoisotopic (exact) mass is 393 g/mol. The Morgan fingerprint density at radius 2 is 1.66 bits per heavy atom. The summed E-state index contributed by atoms with van der Waals surface area (Å²) in [6.07, 6.45) is 0.762. The highest BCUT2D eigenvalue weighted by Crippen LogP contribution is 2.20. The van der Waals surface area contributed by atoms with E-state index >= 15 is 0 Å². The Balaban J connectivity index is 1.50. The van der Waals surface area contributed by atoms with Crippen molar-refractivity contribution in [1.29, 1.82) is 0 Å². The lowest BCUT2D eigenvalue weighted by atomic mass is 10.00. The van der Waals surface area contributed by atoms with Crippen molar-refractivity contribution in [2.45, 2.75) is 13.0 Å². The molecule has 0 unspecified atom stereocenters. The zero-order valence-electron chi connectivity index (χ0n) is 15.4. The van der Waals surface area contributed by atoms with Crippen LogP contribution < -0.4 is 5.32 Å². The molecule has 0 aliphatic carbocycles. The molecular formula is C22H17F2N3O2. The van der Waals surface area contributed by atoms with Gasteiger partial charge in [0, 0.05) is 24.8 Å². The average molecular weight is 393 g/mol. The maximum absolute atomic E-state index is 13.3. The lowest BCUT2D eigenvalue weighted by Gasteiger charge is -2.28. The summed E-state index contributed by atoms with van der Waals surface area (Å²) in [7, 11) is 0. The van der Waals surface area contributed by atoms with E-state index in [4.69, 9.17) is 0 Å². The molecule has 1 aromatic heterocycles. The first-order chi connectivity index (χ1) is 14.0. The van der Waals surface area contributed by atoms with Gasteiger partial charge in [0.05, 0.1) is 0 Å². The van der Waals surface area contributed by atoms with Crippen molar-refractivity contribution >= 4 is 17.5 Å². The van der Waals surface area contributed by atoms with Gasteiger partial charge < -0.3 is 10.2 Å². The number of aromatic nitrogens is 1. The molecule has 0 bridgehead atoms. The molecule has 0 saturated heterocycles. The Labute approximate surface area is 166 Å². The van der Waals surface area contributed by atoms with Crippen molar-refractivity contribution < 1.29 is 18.4 Å². The molecule has 2 heterocycles. The number of nitrogens with one attached hydrogen (secondary N) is 1. The zero-order valence-corrected chi connectivity index (χ0v) is 15.4. The van der Waals surface area contributed by atoms with E-state index in [1.54, 1.807) is 17.0 Å². The molecule has 0 spiro atoms. The molecule has 5 nitrogen and oxygen atoms in total. The Morgan fingerprint density at radius 1 is 0.897 bits per heavy atom. The maximum Gasteiger partial charge on any atom is 0.274 e. The topological polar surface area (TPSA) is 62.3 Å². The Bertz CT molecular complexity index is 1100. The SMILES string of the molecule is O=C(Nc1ccc(F)c(F)c1)c1cccc(C(=O)N2CCc3ccccc3C2)n1. The fraction of sp³-hybridized carbons (Fsp3) is 0.136. The number of rotatable bonds is 3. The van der Waals surface area contributed by atoms with Gasteiger partial charge in [-0.1, -0.05) is 30.3 Å². The summed E-state index contributed by atoms with van der Waals surface area (Å²) in [5, 5.41) is 2.45.